The molecule has 3 aromatic rings. The summed E-state index contributed by atoms with van der Waals surface area (Å²) in [6.07, 6.45) is 3.09. The maximum atomic E-state index is 10.9. The highest BCUT2D eigenvalue weighted by molar-refractivity contribution is 5.86. The third-order valence-corrected chi connectivity index (χ3v) is 2.92. The van der Waals surface area contributed by atoms with Crippen LogP contribution in [0.2, 0.25) is 0 Å². The van der Waals surface area contributed by atoms with E-state index in [0.29, 0.717) is 16.8 Å². The summed E-state index contributed by atoms with van der Waals surface area (Å²) in [5.74, 6) is -1.14. The highest BCUT2D eigenvalue weighted by Crippen LogP contribution is 2.23. The SMILES string of the molecule is O=C(O)c1cc2ncc(-c3cccc([N+](=O)[O-])c3)cn2n1. The molecule has 0 amide bonds. The number of fused-ring (bicyclic) bond motifs is 1. The van der Waals surface area contributed by atoms with Crippen LogP contribution in [-0.4, -0.2) is 30.6 Å². The van der Waals surface area contributed by atoms with E-state index in [1.54, 1.807) is 18.3 Å². The zero-order valence-corrected chi connectivity index (χ0v) is 10.5. The number of carboxylic acid groups (broad SMARTS) is 1. The first-order chi connectivity index (χ1) is 10.0. The number of carbonyl (C=O) groups is 1. The fourth-order valence-corrected chi connectivity index (χ4v) is 1.93. The summed E-state index contributed by atoms with van der Waals surface area (Å²) >= 11 is 0. The summed E-state index contributed by atoms with van der Waals surface area (Å²) in [6.45, 7) is 0. The number of non-ortho nitro benzene ring substituents is 1. The van der Waals surface area contributed by atoms with Gasteiger partial charge in [-0.1, -0.05) is 12.1 Å². The van der Waals surface area contributed by atoms with Crippen LogP contribution in [0.25, 0.3) is 16.8 Å². The summed E-state index contributed by atoms with van der Waals surface area (Å²) in [7, 11) is 0. The van der Waals surface area contributed by atoms with Gasteiger partial charge in [0.15, 0.2) is 11.3 Å². The molecule has 2 heterocycles. The van der Waals surface area contributed by atoms with E-state index in [4.69, 9.17) is 5.11 Å². The first-order valence-corrected chi connectivity index (χ1v) is 5.88. The molecule has 2 aromatic heterocycles. The molecule has 104 valence electrons. The van der Waals surface area contributed by atoms with E-state index in [1.165, 1.54) is 28.9 Å². The van der Waals surface area contributed by atoms with Crippen LogP contribution >= 0.6 is 0 Å². The normalized spacial score (nSPS) is 10.7. The van der Waals surface area contributed by atoms with Crippen molar-refractivity contribution in [3.63, 3.8) is 0 Å². The summed E-state index contributed by atoms with van der Waals surface area (Å²) in [5.41, 5.74) is 1.46. The molecule has 21 heavy (non-hydrogen) atoms. The minimum atomic E-state index is -1.14. The van der Waals surface area contributed by atoms with Gasteiger partial charge in [-0.15, -0.1) is 0 Å². The van der Waals surface area contributed by atoms with Crippen molar-refractivity contribution in [3.05, 3.63) is 58.5 Å². The zero-order valence-electron chi connectivity index (χ0n) is 10.5. The minimum absolute atomic E-state index is 0.0284. The Labute approximate surface area is 117 Å². The average molecular weight is 284 g/mol. The molecule has 8 nitrogen and oxygen atoms in total. The molecule has 1 N–H and O–H groups in total. The van der Waals surface area contributed by atoms with E-state index in [1.807, 2.05) is 0 Å². The van der Waals surface area contributed by atoms with Gasteiger partial charge in [-0.3, -0.25) is 10.1 Å². The van der Waals surface area contributed by atoms with Gasteiger partial charge in [0.25, 0.3) is 5.69 Å². The van der Waals surface area contributed by atoms with Crippen LogP contribution in [0.1, 0.15) is 10.5 Å². The van der Waals surface area contributed by atoms with E-state index >= 15 is 0 Å². The van der Waals surface area contributed by atoms with Crippen molar-refractivity contribution in [1.82, 2.24) is 14.6 Å². The molecule has 3 rings (SSSR count). The Morgan fingerprint density at radius 3 is 2.81 bits per heavy atom. The topological polar surface area (TPSA) is 111 Å². The van der Waals surface area contributed by atoms with Crippen LogP contribution in [0.15, 0.2) is 42.7 Å². The molecule has 0 radical (unpaired) electrons. The Kier molecular flexibility index (Phi) is 2.83. The first kappa shape index (κ1) is 12.7. The smallest absolute Gasteiger partial charge is 0.356 e. The number of carboxylic acids is 1. The van der Waals surface area contributed by atoms with Crippen molar-refractivity contribution in [2.75, 3.05) is 0 Å². The van der Waals surface area contributed by atoms with Gasteiger partial charge in [0.05, 0.1) is 4.92 Å². The second kappa shape index (κ2) is 4.67. The van der Waals surface area contributed by atoms with Crippen molar-refractivity contribution in [1.29, 1.82) is 0 Å². The van der Waals surface area contributed by atoms with E-state index in [9.17, 15) is 14.9 Å². The summed E-state index contributed by atoms with van der Waals surface area (Å²) < 4.78 is 1.33. The van der Waals surface area contributed by atoms with Crippen molar-refractivity contribution >= 4 is 17.3 Å². The van der Waals surface area contributed by atoms with Crippen LogP contribution in [-0.2, 0) is 0 Å². The van der Waals surface area contributed by atoms with E-state index < -0.39 is 10.9 Å². The molecule has 8 heteroatoms. The number of aromatic carboxylic acids is 1. The van der Waals surface area contributed by atoms with Crippen LogP contribution in [0.3, 0.4) is 0 Å². The lowest BCUT2D eigenvalue weighted by Crippen LogP contribution is -1.97. The van der Waals surface area contributed by atoms with E-state index in [-0.39, 0.29) is 11.4 Å². The molecule has 0 bridgehead atoms. The van der Waals surface area contributed by atoms with Gasteiger partial charge in [0, 0.05) is 36.2 Å². The number of nitro benzene ring substituents is 1. The number of nitro groups is 1. The number of benzene rings is 1. The molecule has 0 spiro atoms. The predicted octanol–water partition coefficient (Wildman–Crippen LogP) is 2.00. The van der Waals surface area contributed by atoms with Crippen molar-refractivity contribution in [2.24, 2.45) is 0 Å². The second-order valence-corrected chi connectivity index (χ2v) is 4.29. The molecule has 0 aliphatic heterocycles. The number of nitrogens with zero attached hydrogens (tertiary/aromatic N) is 4. The Balaban J connectivity index is 2.10. The van der Waals surface area contributed by atoms with Crippen molar-refractivity contribution in [3.8, 4) is 11.1 Å². The lowest BCUT2D eigenvalue weighted by Gasteiger charge is -2.01. The van der Waals surface area contributed by atoms with Gasteiger partial charge in [0.1, 0.15) is 0 Å². The minimum Gasteiger partial charge on any atom is -0.476 e. The largest absolute Gasteiger partial charge is 0.476 e. The summed E-state index contributed by atoms with van der Waals surface area (Å²) in [4.78, 5) is 25.3. The standard InChI is InChI=1S/C13H8N4O4/c18-13(19)11-5-12-14-6-9(7-16(12)15-11)8-2-1-3-10(4-8)17(20)21/h1-7H,(H,18,19). The van der Waals surface area contributed by atoms with Gasteiger partial charge in [-0.25, -0.2) is 14.3 Å². The van der Waals surface area contributed by atoms with Crippen molar-refractivity contribution < 1.29 is 14.8 Å². The van der Waals surface area contributed by atoms with Gasteiger partial charge in [-0.2, -0.15) is 5.10 Å². The average Bonchev–Trinajstić information content (AvgIpc) is 2.90. The van der Waals surface area contributed by atoms with Gasteiger partial charge < -0.3 is 5.11 Å². The Morgan fingerprint density at radius 2 is 2.10 bits per heavy atom. The highest BCUT2D eigenvalue weighted by Gasteiger charge is 2.11. The number of rotatable bonds is 3. The fourth-order valence-electron chi connectivity index (χ4n) is 1.93. The Morgan fingerprint density at radius 1 is 1.29 bits per heavy atom. The van der Waals surface area contributed by atoms with E-state index in [2.05, 4.69) is 10.1 Å². The quantitative estimate of drug-likeness (QED) is 0.581. The van der Waals surface area contributed by atoms with Crippen LogP contribution < -0.4 is 0 Å². The lowest BCUT2D eigenvalue weighted by molar-refractivity contribution is -0.384. The summed E-state index contributed by atoms with van der Waals surface area (Å²) in [5, 5.41) is 23.6. The maximum absolute atomic E-state index is 10.9. The lowest BCUT2D eigenvalue weighted by atomic mass is 10.1. The zero-order chi connectivity index (χ0) is 15.0. The number of aromatic nitrogens is 3. The molecular weight excluding hydrogens is 276 g/mol. The second-order valence-electron chi connectivity index (χ2n) is 4.29. The van der Waals surface area contributed by atoms with E-state index in [0.717, 1.165) is 0 Å². The van der Waals surface area contributed by atoms with Crippen LogP contribution in [0.4, 0.5) is 5.69 Å². The van der Waals surface area contributed by atoms with Gasteiger partial charge in [0.2, 0.25) is 0 Å². The molecule has 0 fully saturated rings. The number of hydrogen-bond donors (Lipinski definition) is 1. The third-order valence-electron chi connectivity index (χ3n) is 2.92. The predicted molar refractivity (Wildman–Crippen MR) is 72.0 cm³/mol. The highest BCUT2D eigenvalue weighted by atomic mass is 16.6. The molecule has 0 unspecified atom stereocenters. The molecular formula is C13H8N4O4. The summed E-state index contributed by atoms with van der Waals surface area (Å²) in [6, 6.07) is 7.44. The third kappa shape index (κ3) is 2.29. The molecule has 1 aromatic carbocycles. The van der Waals surface area contributed by atoms with Gasteiger partial charge in [-0.05, 0) is 5.56 Å². The van der Waals surface area contributed by atoms with Crippen molar-refractivity contribution in [2.45, 2.75) is 0 Å². The number of hydrogen-bond acceptors (Lipinski definition) is 5. The fraction of sp³-hybridized carbons (Fsp3) is 0. The Hall–Kier alpha value is -3.29. The first-order valence-electron chi connectivity index (χ1n) is 5.88. The van der Waals surface area contributed by atoms with Gasteiger partial charge >= 0.3 is 5.97 Å². The van der Waals surface area contributed by atoms with Crippen LogP contribution in [0.5, 0.6) is 0 Å². The Bertz CT molecular complexity index is 871. The molecule has 0 atom stereocenters. The monoisotopic (exact) mass is 284 g/mol. The molecule has 0 saturated heterocycles. The molecule has 0 saturated carbocycles. The molecule has 0 aliphatic rings. The van der Waals surface area contributed by atoms with Crippen LogP contribution in [0, 0.1) is 10.1 Å². The maximum Gasteiger partial charge on any atom is 0.356 e. The molecule has 0 aliphatic carbocycles.